The van der Waals surface area contributed by atoms with E-state index in [-0.39, 0.29) is 17.6 Å². The van der Waals surface area contributed by atoms with Crippen molar-refractivity contribution >= 4 is 29.1 Å². The van der Waals surface area contributed by atoms with Gasteiger partial charge < -0.3 is 10.2 Å². The number of halogens is 2. The van der Waals surface area contributed by atoms with Gasteiger partial charge in [0.25, 0.3) is 0 Å². The molecule has 0 saturated carbocycles. The fourth-order valence-corrected chi connectivity index (χ4v) is 3.64. The van der Waals surface area contributed by atoms with Gasteiger partial charge in [-0.1, -0.05) is 23.7 Å². The molecule has 0 aliphatic carbocycles. The Balaban J connectivity index is 1.44. The van der Waals surface area contributed by atoms with Crippen LogP contribution in [0.5, 0.6) is 0 Å². The van der Waals surface area contributed by atoms with Crippen molar-refractivity contribution in [2.75, 3.05) is 18.0 Å². The molecule has 1 fully saturated rings. The molecule has 6 nitrogen and oxygen atoms in total. The predicted octanol–water partition coefficient (Wildman–Crippen LogP) is 3.05. The van der Waals surface area contributed by atoms with Crippen LogP contribution in [-0.2, 0) is 11.3 Å². The molecule has 0 unspecified atom stereocenters. The number of carbonyl (C=O) groups is 1. The SMILES string of the molecule is O=C(NCc1cccc(F)c1)[C@H]1CCCN(c2nnc3c(Cl)cccn23)C1. The summed E-state index contributed by atoms with van der Waals surface area (Å²) in [7, 11) is 0. The normalized spacial score (nSPS) is 17.3. The first kappa shape index (κ1) is 17.7. The maximum atomic E-state index is 13.3. The zero-order valence-corrected chi connectivity index (χ0v) is 15.4. The fourth-order valence-electron chi connectivity index (χ4n) is 3.44. The molecule has 140 valence electrons. The summed E-state index contributed by atoms with van der Waals surface area (Å²) in [5.41, 5.74) is 1.35. The number of rotatable bonds is 4. The number of benzene rings is 1. The number of pyridine rings is 1. The highest BCUT2D eigenvalue weighted by molar-refractivity contribution is 6.33. The minimum atomic E-state index is -0.303. The second kappa shape index (κ2) is 7.52. The van der Waals surface area contributed by atoms with E-state index in [9.17, 15) is 9.18 Å². The molecule has 0 radical (unpaired) electrons. The number of carbonyl (C=O) groups excluding carboxylic acids is 1. The fraction of sp³-hybridized carbons (Fsp3) is 0.316. The molecule has 1 aliphatic heterocycles. The quantitative estimate of drug-likeness (QED) is 0.747. The van der Waals surface area contributed by atoms with Crippen LogP contribution in [0.1, 0.15) is 18.4 Å². The monoisotopic (exact) mass is 387 g/mol. The Morgan fingerprint density at radius 1 is 1.30 bits per heavy atom. The number of hydrogen-bond donors (Lipinski definition) is 1. The summed E-state index contributed by atoms with van der Waals surface area (Å²) >= 11 is 6.17. The number of amides is 1. The number of fused-ring (bicyclic) bond motifs is 1. The van der Waals surface area contributed by atoms with Crippen LogP contribution in [-0.4, -0.2) is 33.6 Å². The summed E-state index contributed by atoms with van der Waals surface area (Å²) in [4.78, 5) is 14.7. The van der Waals surface area contributed by atoms with Crippen molar-refractivity contribution in [2.45, 2.75) is 19.4 Å². The average Bonchev–Trinajstić information content (AvgIpc) is 3.12. The van der Waals surface area contributed by atoms with E-state index in [0.29, 0.717) is 29.7 Å². The summed E-state index contributed by atoms with van der Waals surface area (Å²) < 4.78 is 15.1. The third-order valence-electron chi connectivity index (χ3n) is 4.80. The molecule has 1 atom stereocenters. The van der Waals surface area contributed by atoms with Gasteiger partial charge in [-0.2, -0.15) is 0 Å². The van der Waals surface area contributed by atoms with Crippen molar-refractivity contribution in [3.63, 3.8) is 0 Å². The first-order valence-electron chi connectivity index (χ1n) is 8.88. The van der Waals surface area contributed by atoms with Crippen LogP contribution >= 0.6 is 11.6 Å². The lowest BCUT2D eigenvalue weighted by atomic mass is 9.97. The highest BCUT2D eigenvalue weighted by atomic mass is 35.5. The molecular formula is C19H19ClFN5O. The van der Waals surface area contributed by atoms with Gasteiger partial charge in [-0.05, 0) is 42.7 Å². The van der Waals surface area contributed by atoms with Gasteiger partial charge in [-0.25, -0.2) is 4.39 Å². The molecule has 1 aliphatic rings. The van der Waals surface area contributed by atoms with Crippen LogP contribution in [0, 0.1) is 11.7 Å². The van der Waals surface area contributed by atoms with Crippen LogP contribution in [0.3, 0.4) is 0 Å². The summed E-state index contributed by atoms with van der Waals surface area (Å²) in [6, 6.07) is 9.87. The topological polar surface area (TPSA) is 62.5 Å². The van der Waals surface area contributed by atoms with E-state index in [1.807, 2.05) is 16.7 Å². The maximum absolute atomic E-state index is 13.3. The van der Waals surface area contributed by atoms with Gasteiger partial charge in [0.2, 0.25) is 11.9 Å². The summed E-state index contributed by atoms with van der Waals surface area (Å²) in [6.45, 7) is 1.68. The summed E-state index contributed by atoms with van der Waals surface area (Å²) in [6.07, 6.45) is 3.56. The van der Waals surface area contributed by atoms with Crippen LogP contribution in [0.4, 0.5) is 10.3 Å². The number of nitrogens with one attached hydrogen (secondary N) is 1. The van der Waals surface area contributed by atoms with Crippen molar-refractivity contribution < 1.29 is 9.18 Å². The third-order valence-corrected chi connectivity index (χ3v) is 5.09. The lowest BCUT2D eigenvalue weighted by Gasteiger charge is -2.32. The van der Waals surface area contributed by atoms with Crippen molar-refractivity contribution in [1.29, 1.82) is 0 Å². The second-order valence-corrected chi connectivity index (χ2v) is 7.09. The van der Waals surface area contributed by atoms with E-state index in [1.165, 1.54) is 12.1 Å². The zero-order valence-electron chi connectivity index (χ0n) is 14.6. The van der Waals surface area contributed by atoms with E-state index in [0.717, 1.165) is 24.9 Å². The zero-order chi connectivity index (χ0) is 18.8. The van der Waals surface area contributed by atoms with Gasteiger partial charge in [-0.3, -0.25) is 9.20 Å². The largest absolute Gasteiger partial charge is 0.352 e. The highest BCUT2D eigenvalue weighted by Crippen LogP contribution is 2.25. The van der Waals surface area contributed by atoms with Crippen molar-refractivity contribution in [2.24, 2.45) is 5.92 Å². The van der Waals surface area contributed by atoms with E-state index in [1.54, 1.807) is 18.2 Å². The summed E-state index contributed by atoms with van der Waals surface area (Å²) in [5.74, 6) is 0.202. The van der Waals surface area contributed by atoms with Crippen molar-refractivity contribution in [1.82, 2.24) is 19.9 Å². The van der Waals surface area contributed by atoms with Crippen LogP contribution in [0.15, 0.2) is 42.6 Å². The van der Waals surface area contributed by atoms with E-state index < -0.39 is 0 Å². The van der Waals surface area contributed by atoms with Gasteiger partial charge in [0.1, 0.15) is 5.82 Å². The lowest BCUT2D eigenvalue weighted by Crippen LogP contribution is -2.43. The molecule has 1 N–H and O–H groups in total. The Hall–Kier alpha value is -2.67. The molecule has 3 heterocycles. The summed E-state index contributed by atoms with van der Waals surface area (Å²) in [5, 5.41) is 11.9. The Morgan fingerprint density at radius 3 is 3.04 bits per heavy atom. The molecule has 1 amide bonds. The second-order valence-electron chi connectivity index (χ2n) is 6.68. The average molecular weight is 388 g/mol. The Labute approximate surface area is 161 Å². The van der Waals surface area contributed by atoms with Gasteiger partial charge in [-0.15, -0.1) is 10.2 Å². The smallest absolute Gasteiger partial charge is 0.231 e. The first-order valence-corrected chi connectivity index (χ1v) is 9.26. The van der Waals surface area contributed by atoms with Gasteiger partial charge in [0, 0.05) is 25.8 Å². The molecule has 8 heteroatoms. The predicted molar refractivity (Wildman–Crippen MR) is 101 cm³/mol. The van der Waals surface area contributed by atoms with Gasteiger partial charge in [0.15, 0.2) is 5.65 Å². The number of piperidine rings is 1. The number of aromatic nitrogens is 3. The standard InChI is InChI=1S/C19H19ClFN5O/c20-16-7-3-9-26-17(16)23-24-19(26)25-8-2-5-14(12-25)18(27)22-11-13-4-1-6-15(21)10-13/h1,3-4,6-7,9-10,14H,2,5,8,11-12H2,(H,22,27)/t14-/m0/s1. The molecule has 27 heavy (non-hydrogen) atoms. The molecule has 0 spiro atoms. The Bertz CT molecular complexity index is 976. The van der Waals surface area contributed by atoms with Crippen LogP contribution in [0.2, 0.25) is 5.02 Å². The molecule has 3 aromatic rings. The van der Waals surface area contributed by atoms with E-state index >= 15 is 0 Å². The number of anilines is 1. The van der Waals surface area contributed by atoms with Crippen LogP contribution < -0.4 is 10.2 Å². The van der Waals surface area contributed by atoms with Gasteiger partial charge in [0.05, 0.1) is 10.9 Å². The highest BCUT2D eigenvalue weighted by Gasteiger charge is 2.28. The van der Waals surface area contributed by atoms with E-state index in [4.69, 9.17) is 11.6 Å². The Morgan fingerprint density at radius 2 is 2.19 bits per heavy atom. The molecular weight excluding hydrogens is 369 g/mol. The number of hydrogen-bond acceptors (Lipinski definition) is 4. The maximum Gasteiger partial charge on any atom is 0.231 e. The minimum Gasteiger partial charge on any atom is -0.352 e. The molecule has 4 rings (SSSR count). The minimum absolute atomic E-state index is 0.0317. The van der Waals surface area contributed by atoms with Crippen LogP contribution in [0.25, 0.3) is 5.65 Å². The Kier molecular flexibility index (Phi) is 4.94. The van der Waals surface area contributed by atoms with Crippen molar-refractivity contribution in [3.8, 4) is 0 Å². The molecule has 0 bridgehead atoms. The van der Waals surface area contributed by atoms with Crippen molar-refractivity contribution in [3.05, 3.63) is 59.0 Å². The van der Waals surface area contributed by atoms with E-state index in [2.05, 4.69) is 20.4 Å². The lowest BCUT2D eigenvalue weighted by molar-refractivity contribution is -0.125. The van der Waals surface area contributed by atoms with Gasteiger partial charge >= 0.3 is 0 Å². The number of nitrogens with zero attached hydrogens (tertiary/aromatic N) is 4. The third kappa shape index (κ3) is 3.73. The molecule has 2 aromatic heterocycles. The molecule has 1 aromatic carbocycles. The molecule has 1 saturated heterocycles. The first-order chi connectivity index (χ1) is 13.1.